The maximum atomic E-state index is 4.70. The van der Waals surface area contributed by atoms with Gasteiger partial charge in [-0.05, 0) is 32.8 Å². The number of aliphatic imine (C=N–C) groups is 1. The number of guanidine groups is 1. The zero-order chi connectivity index (χ0) is 19.8. The number of hydrogen-bond donors (Lipinski definition) is 2. The van der Waals surface area contributed by atoms with Crippen molar-refractivity contribution in [1.82, 2.24) is 25.2 Å². The smallest absolute Gasteiger partial charge is 0.192 e. The van der Waals surface area contributed by atoms with E-state index in [0.29, 0.717) is 13.1 Å². The van der Waals surface area contributed by atoms with Gasteiger partial charge in [0.05, 0.1) is 12.2 Å². The standard InChI is InChI=1S/C21H28N6S/c1-4-22-21(25-15-20-26-16(2)17(3)28-20)24-14-19-23-11-13-27(19)12-10-18-8-6-5-7-9-18/h5-9,11,13H,4,10,12,14-15H2,1-3H3,(H2,22,24,25). The van der Waals surface area contributed by atoms with Crippen molar-refractivity contribution < 1.29 is 0 Å². The molecule has 2 N–H and O–H groups in total. The lowest BCUT2D eigenvalue weighted by molar-refractivity contribution is 0.650. The minimum atomic E-state index is 0.535. The van der Waals surface area contributed by atoms with Gasteiger partial charge in [-0.2, -0.15) is 0 Å². The van der Waals surface area contributed by atoms with E-state index < -0.39 is 0 Å². The highest BCUT2D eigenvalue weighted by Gasteiger charge is 2.06. The Hall–Kier alpha value is -2.67. The zero-order valence-electron chi connectivity index (χ0n) is 16.8. The molecule has 0 saturated carbocycles. The van der Waals surface area contributed by atoms with E-state index in [0.717, 1.165) is 42.0 Å². The fourth-order valence-electron chi connectivity index (χ4n) is 2.86. The summed E-state index contributed by atoms with van der Waals surface area (Å²) in [6.45, 7) is 9.13. The van der Waals surface area contributed by atoms with Crippen LogP contribution in [0, 0.1) is 13.8 Å². The van der Waals surface area contributed by atoms with E-state index in [1.807, 2.05) is 25.4 Å². The Balaban J connectivity index is 1.59. The number of thiazole rings is 1. The predicted octanol–water partition coefficient (Wildman–Crippen LogP) is 3.45. The minimum absolute atomic E-state index is 0.535. The van der Waals surface area contributed by atoms with E-state index >= 15 is 0 Å². The van der Waals surface area contributed by atoms with Crippen molar-refractivity contribution in [3.05, 3.63) is 69.7 Å². The highest BCUT2D eigenvalue weighted by Crippen LogP contribution is 2.15. The second-order valence-corrected chi connectivity index (χ2v) is 7.86. The van der Waals surface area contributed by atoms with Gasteiger partial charge in [-0.15, -0.1) is 11.3 Å². The van der Waals surface area contributed by atoms with Gasteiger partial charge in [-0.25, -0.2) is 15.0 Å². The molecule has 3 rings (SSSR count). The summed E-state index contributed by atoms with van der Waals surface area (Å²) in [7, 11) is 0. The van der Waals surface area contributed by atoms with Crippen LogP contribution >= 0.6 is 11.3 Å². The lowest BCUT2D eigenvalue weighted by atomic mass is 10.1. The third kappa shape index (κ3) is 5.66. The summed E-state index contributed by atoms with van der Waals surface area (Å²) in [6, 6.07) is 10.5. The van der Waals surface area contributed by atoms with Gasteiger partial charge < -0.3 is 15.2 Å². The Bertz CT molecular complexity index is 877. The van der Waals surface area contributed by atoms with Crippen molar-refractivity contribution in [1.29, 1.82) is 0 Å². The molecule has 6 nitrogen and oxygen atoms in total. The third-order valence-electron chi connectivity index (χ3n) is 4.49. The van der Waals surface area contributed by atoms with Crippen molar-refractivity contribution >= 4 is 17.3 Å². The fraction of sp³-hybridized carbons (Fsp3) is 0.381. The molecule has 148 valence electrons. The summed E-state index contributed by atoms with van der Waals surface area (Å²) < 4.78 is 2.17. The van der Waals surface area contributed by atoms with Crippen LogP contribution in [0.3, 0.4) is 0 Å². The van der Waals surface area contributed by atoms with Crippen LogP contribution in [0.1, 0.15) is 33.9 Å². The zero-order valence-corrected chi connectivity index (χ0v) is 17.6. The van der Waals surface area contributed by atoms with Gasteiger partial charge in [0.2, 0.25) is 0 Å². The molecule has 0 aliphatic carbocycles. The molecule has 0 radical (unpaired) electrons. The van der Waals surface area contributed by atoms with E-state index in [-0.39, 0.29) is 0 Å². The molecule has 28 heavy (non-hydrogen) atoms. The average molecular weight is 397 g/mol. The first kappa shape index (κ1) is 20.1. The summed E-state index contributed by atoms with van der Waals surface area (Å²) in [5.74, 6) is 1.75. The number of aryl methyl sites for hydroxylation is 4. The van der Waals surface area contributed by atoms with E-state index in [2.05, 4.69) is 63.3 Å². The summed E-state index contributed by atoms with van der Waals surface area (Å²) in [5, 5.41) is 7.73. The van der Waals surface area contributed by atoms with Gasteiger partial charge in [0.15, 0.2) is 5.96 Å². The highest BCUT2D eigenvalue weighted by molar-refractivity contribution is 7.11. The van der Waals surface area contributed by atoms with Gasteiger partial charge in [-0.3, -0.25) is 0 Å². The average Bonchev–Trinajstić information content (AvgIpc) is 3.29. The predicted molar refractivity (Wildman–Crippen MR) is 116 cm³/mol. The maximum Gasteiger partial charge on any atom is 0.192 e. The van der Waals surface area contributed by atoms with Crippen LogP contribution < -0.4 is 10.6 Å². The Morgan fingerprint density at radius 3 is 2.71 bits per heavy atom. The van der Waals surface area contributed by atoms with Gasteiger partial charge >= 0.3 is 0 Å². The molecule has 0 aliphatic rings. The molecular weight excluding hydrogens is 368 g/mol. The first-order chi connectivity index (χ1) is 13.7. The van der Waals surface area contributed by atoms with Crippen LogP contribution in [0.15, 0.2) is 47.7 Å². The SMILES string of the molecule is CCNC(=NCc1nccn1CCc1ccccc1)NCc1nc(C)c(C)s1. The molecule has 3 aromatic rings. The molecule has 0 spiro atoms. The topological polar surface area (TPSA) is 67.1 Å². The molecular formula is C21H28N6S. The Morgan fingerprint density at radius 1 is 1.18 bits per heavy atom. The molecule has 2 aromatic heterocycles. The fourth-order valence-corrected chi connectivity index (χ4v) is 3.73. The molecule has 7 heteroatoms. The Labute approximate surface area is 170 Å². The van der Waals surface area contributed by atoms with Crippen molar-refractivity contribution in [3.63, 3.8) is 0 Å². The molecule has 0 unspecified atom stereocenters. The molecule has 0 bridgehead atoms. The largest absolute Gasteiger partial charge is 0.357 e. The normalized spacial score (nSPS) is 11.6. The first-order valence-corrected chi connectivity index (χ1v) is 10.5. The maximum absolute atomic E-state index is 4.70. The summed E-state index contributed by atoms with van der Waals surface area (Å²) in [5.41, 5.74) is 2.43. The Kier molecular flexibility index (Phi) is 7.19. The minimum Gasteiger partial charge on any atom is -0.357 e. The van der Waals surface area contributed by atoms with Crippen LogP contribution in [-0.4, -0.2) is 27.0 Å². The van der Waals surface area contributed by atoms with Crippen molar-refractivity contribution in [3.8, 4) is 0 Å². The van der Waals surface area contributed by atoms with E-state index in [9.17, 15) is 0 Å². The van der Waals surface area contributed by atoms with Crippen LogP contribution in [-0.2, 0) is 26.1 Å². The van der Waals surface area contributed by atoms with Crippen molar-refractivity contribution in [2.24, 2.45) is 4.99 Å². The number of benzene rings is 1. The summed E-state index contributed by atoms with van der Waals surface area (Å²) in [4.78, 5) is 15.0. The quantitative estimate of drug-likeness (QED) is 0.452. The van der Waals surface area contributed by atoms with E-state index in [1.54, 1.807) is 11.3 Å². The van der Waals surface area contributed by atoms with Crippen molar-refractivity contribution in [2.45, 2.75) is 46.8 Å². The first-order valence-electron chi connectivity index (χ1n) is 9.64. The van der Waals surface area contributed by atoms with Crippen LogP contribution in [0.2, 0.25) is 0 Å². The second-order valence-electron chi connectivity index (χ2n) is 6.57. The van der Waals surface area contributed by atoms with Gasteiger partial charge in [0.25, 0.3) is 0 Å². The van der Waals surface area contributed by atoms with Gasteiger partial charge in [-0.1, -0.05) is 30.3 Å². The molecule has 0 fully saturated rings. The number of imidazole rings is 1. The Morgan fingerprint density at radius 2 is 2.00 bits per heavy atom. The number of nitrogens with zero attached hydrogens (tertiary/aromatic N) is 4. The third-order valence-corrected chi connectivity index (χ3v) is 5.56. The van der Waals surface area contributed by atoms with Gasteiger partial charge in [0.1, 0.15) is 17.4 Å². The number of rotatable bonds is 8. The van der Waals surface area contributed by atoms with Crippen molar-refractivity contribution in [2.75, 3.05) is 6.54 Å². The molecule has 0 aliphatic heterocycles. The van der Waals surface area contributed by atoms with Gasteiger partial charge in [0, 0.05) is 30.4 Å². The van der Waals surface area contributed by atoms with E-state index in [1.165, 1.54) is 10.4 Å². The van der Waals surface area contributed by atoms with Crippen LogP contribution in [0.4, 0.5) is 0 Å². The lowest BCUT2D eigenvalue weighted by Crippen LogP contribution is -2.36. The van der Waals surface area contributed by atoms with Crippen LogP contribution in [0.5, 0.6) is 0 Å². The highest BCUT2D eigenvalue weighted by atomic mass is 32.1. The summed E-state index contributed by atoms with van der Waals surface area (Å²) >= 11 is 1.72. The molecule has 0 amide bonds. The molecule has 0 saturated heterocycles. The molecule has 2 heterocycles. The molecule has 1 aromatic carbocycles. The lowest BCUT2D eigenvalue weighted by Gasteiger charge is -2.11. The number of nitrogens with one attached hydrogen (secondary N) is 2. The van der Waals surface area contributed by atoms with E-state index in [4.69, 9.17) is 4.99 Å². The molecule has 0 atom stereocenters. The van der Waals surface area contributed by atoms with Crippen LogP contribution in [0.25, 0.3) is 0 Å². The summed E-state index contributed by atoms with van der Waals surface area (Å²) in [6.07, 6.45) is 4.85. The second kappa shape index (κ2) is 10.0. The monoisotopic (exact) mass is 396 g/mol. The number of aromatic nitrogens is 3. The number of hydrogen-bond acceptors (Lipinski definition) is 4.